The molecule has 0 saturated carbocycles. The van der Waals surface area contributed by atoms with Gasteiger partial charge in [-0.05, 0) is 32.1 Å². The van der Waals surface area contributed by atoms with Crippen molar-refractivity contribution in [3.05, 3.63) is 0 Å². The molecule has 0 bridgehead atoms. The molecule has 0 aromatic carbocycles. The molecule has 1 fully saturated rings. The quantitative estimate of drug-likeness (QED) is 0.253. The standard InChI is InChI=1S/C12H26N4/c1-4-5-7-14-12(15-13)16-8-6-10(2)9-11(16)3/h10-11H,4-9,13H2,1-3H3,(H,14,15). The molecule has 1 aliphatic rings. The minimum atomic E-state index is 0.542. The Hall–Kier alpha value is -0.770. The maximum atomic E-state index is 5.56. The number of nitrogens with zero attached hydrogens (tertiary/aromatic N) is 2. The number of hydrogen-bond donors (Lipinski definition) is 2. The number of guanidine groups is 1. The molecular weight excluding hydrogens is 200 g/mol. The normalized spacial score (nSPS) is 27.0. The maximum absolute atomic E-state index is 5.56. The van der Waals surface area contributed by atoms with Gasteiger partial charge >= 0.3 is 0 Å². The average Bonchev–Trinajstić information content (AvgIpc) is 2.26. The van der Waals surface area contributed by atoms with Gasteiger partial charge in [-0.1, -0.05) is 20.3 Å². The van der Waals surface area contributed by atoms with Crippen molar-refractivity contribution < 1.29 is 0 Å². The Labute approximate surface area is 99.3 Å². The van der Waals surface area contributed by atoms with Crippen LogP contribution in [0.25, 0.3) is 0 Å². The van der Waals surface area contributed by atoms with E-state index in [0.717, 1.165) is 31.4 Å². The van der Waals surface area contributed by atoms with Crippen molar-refractivity contribution in [2.45, 2.75) is 52.5 Å². The Morgan fingerprint density at radius 1 is 1.50 bits per heavy atom. The van der Waals surface area contributed by atoms with Gasteiger partial charge in [0.25, 0.3) is 0 Å². The zero-order valence-corrected chi connectivity index (χ0v) is 10.9. The fourth-order valence-corrected chi connectivity index (χ4v) is 2.28. The third-order valence-corrected chi connectivity index (χ3v) is 3.31. The zero-order chi connectivity index (χ0) is 12.0. The van der Waals surface area contributed by atoms with E-state index in [4.69, 9.17) is 5.84 Å². The Bertz CT molecular complexity index is 227. The second-order valence-electron chi connectivity index (χ2n) is 4.88. The number of piperidine rings is 1. The molecule has 2 atom stereocenters. The van der Waals surface area contributed by atoms with Crippen LogP contribution < -0.4 is 11.3 Å². The van der Waals surface area contributed by atoms with E-state index < -0.39 is 0 Å². The van der Waals surface area contributed by atoms with Crippen molar-refractivity contribution in [2.24, 2.45) is 16.8 Å². The van der Waals surface area contributed by atoms with Gasteiger partial charge < -0.3 is 4.90 Å². The number of hydrogen-bond acceptors (Lipinski definition) is 2. The van der Waals surface area contributed by atoms with Crippen LogP contribution in [0.4, 0.5) is 0 Å². The van der Waals surface area contributed by atoms with Crippen LogP contribution in [0, 0.1) is 5.92 Å². The highest BCUT2D eigenvalue weighted by Gasteiger charge is 2.24. The first-order valence-electron chi connectivity index (χ1n) is 6.46. The van der Waals surface area contributed by atoms with Crippen molar-refractivity contribution in [3.8, 4) is 0 Å². The molecule has 0 amide bonds. The lowest BCUT2D eigenvalue weighted by atomic mass is 9.94. The number of hydrazine groups is 1. The molecule has 94 valence electrons. The summed E-state index contributed by atoms with van der Waals surface area (Å²) in [5.41, 5.74) is 2.75. The number of unbranched alkanes of at least 4 members (excludes halogenated alkanes) is 1. The van der Waals surface area contributed by atoms with E-state index in [1.807, 2.05) is 0 Å². The van der Waals surface area contributed by atoms with Crippen LogP contribution in [-0.2, 0) is 0 Å². The van der Waals surface area contributed by atoms with Crippen LogP contribution >= 0.6 is 0 Å². The molecule has 4 heteroatoms. The van der Waals surface area contributed by atoms with E-state index in [1.54, 1.807) is 0 Å². The van der Waals surface area contributed by atoms with Gasteiger partial charge in [-0.3, -0.25) is 10.4 Å². The molecule has 1 rings (SSSR count). The monoisotopic (exact) mass is 226 g/mol. The Balaban J connectivity index is 2.54. The number of rotatable bonds is 3. The van der Waals surface area contributed by atoms with Crippen molar-refractivity contribution in [1.29, 1.82) is 0 Å². The van der Waals surface area contributed by atoms with Crippen LogP contribution in [0.15, 0.2) is 4.99 Å². The number of aliphatic imine (C=N–C) groups is 1. The highest BCUT2D eigenvalue weighted by Crippen LogP contribution is 2.21. The predicted octanol–water partition coefficient (Wildman–Crippen LogP) is 1.73. The molecule has 0 aromatic heterocycles. The predicted molar refractivity (Wildman–Crippen MR) is 69.1 cm³/mol. The van der Waals surface area contributed by atoms with Gasteiger partial charge in [0.1, 0.15) is 0 Å². The molecule has 0 aliphatic carbocycles. The molecule has 0 aromatic rings. The third-order valence-electron chi connectivity index (χ3n) is 3.31. The maximum Gasteiger partial charge on any atom is 0.208 e. The lowest BCUT2D eigenvalue weighted by molar-refractivity contribution is 0.203. The van der Waals surface area contributed by atoms with E-state index in [2.05, 4.69) is 36.1 Å². The fraction of sp³-hybridized carbons (Fsp3) is 0.917. The molecule has 1 heterocycles. The van der Waals surface area contributed by atoms with Crippen LogP contribution in [0.2, 0.25) is 0 Å². The molecule has 0 spiro atoms. The minimum Gasteiger partial charge on any atom is -0.339 e. The zero-order valence-electron chi connectivity index (χ0n) is 10.9. The molecule has 2 unspecified atom stereocenters. The summed E-state index contributed by atoms with van der Waals surface area (Å²) in [5.74, 6) is 7.25. The van der Waals surface area contributed by atoms with Crippen molar-refractivity contribution in [1.82, 2.24) is 10.3 Å². The third kappa shape index (κ3) is 3.67. The van der Waals surface area contributed by atoms with Gasteiger partial charge in [0.2, 0.25) is 5.96 Å². The molecule has 4 nitrogen and oxygen atoms in total. The second-order valence-corrected chi connectivity index (χ2v) is 4.88. The summed E-state index contributed by atoms with van der Waals surface area (Å²) >= 11 is 0. The Morgan fingerprint density at radius 3 is 2.81 bits per heavy atom. The second kappa shape index (κ2) is 6.74. The summed E-state index contributed by atoms with van der Waals surface area (Å²) < 4.78 is 0. The smallest absolute Gasteiger partial charge is 0.208 e. The summed E-state index contributed by atoms with van der Waals surface area (Å²) in [4.78, 5) is 6.84. The van der Waals surface area contributed by atoms with Crippen LogP contribution in [0.3, 0.4) is 0 Å². The van der Waals surface area contributed by atoms with Gasteiger partial charge in [0.05, 0.1) is 0 Å². The van der Waals surface area contributed by atoms with E-state index in [-0.39, 0.29) is 0 Å². The topological polar surface area (TPSA) is 53.6 Å². The fourth-order valence-electron chi connectivity index (χ4n) is 2.28. The minimum absolute atomic E-state index is 0.542. The molecule has 3 N–H and O–H groups in total. The summed E-state index contributed by atoms with van der Waals surface area (Å²) in [6.07, 6.45) is 4.77. The van der Waals surface area contributed by atoms with Gasteiger partial charge in [-0.25, -0.2) is 5.84 Å². The molecule has 1 saturated heterocycles. The van der Waals surface area contributed by atoms with E-state index in [9.17, 15) is 0 Å². The number of nitrogens with one attached hydrogen (secondary N) is 1. The molecule has 0 radical (unpaired) electrons. The number of nitrogens with two attached hydrogens (primary N) is 1. The van der Waals surface area contributed by atoms with E-state index in [0.29, 0.717) is 6.04 Å². The van der Waals surface area contributed by atoms with Gasteiger partial charge in [0, 0.05) is 19.1 Å². The SMILES string of the molecule is CCCCN=C(NN)N1CCC(C)CC1C. The molecular formula is C12H26N4. The summed E-state index contributed by atoms with van der Waals surface area (Å²) in [7, 11) is 0. The van der Waals surface area contributed by atoms with Gasteiger partial charge in [-0.2, -0.15) is 0 Å². The lowest BCUT2D eigenvalue weighted by Gasteiger charge is -2.38. The Kier molecular flexibility index (Phi) is 5.60. The Morgan fingerprint density at radius 2 is 2.25 bits per heavy atom. The first kappa shape index (κ1) is 13.3. The molecule has 1 aliphatic heterocycles. The van der Waals surface area contributed by atoms with Crippen molar-refractivity contribution >= 4 is 5.96 Å². The summed E-state index contributed by atoms with van der Waals surface area (Å²) in [5, 5.41) is 0. The first-order chi connectivity index (χ1) is 7.69. The largest absolute Gasteiger partial charge is 0.339 e. The van der Waals surface area contributed by atoms with Gasteiger partial charge in [0.15, 0.2) is 0 Å². The highest BCUT2D eigenvalue weighted by molar-refractivity contribution is 5.79. The summed E-state index contributed by atoms with van der Waals surface area (Å²) in [6, 6.07) is 0.542. The van der Waals surface area contributed by atoms with Crippen molar-refractivity contribution in [3.63, 3.8) is 0 Å². The first-order valence-corrected chi connectivity index (χ1v) is 6.46. The average molecular weight is 226 g/mol. The highest BCUT2D eigenvalue weighted by atomic mass is 15.4. The van der Waals surface area contributed by atoms with E-state index >= 15 is 0 Å². The lowest BCUT2D eigenvalue weighted by Crippen LogP contribution is -2.52. The van der Waals surface area contributed by atoms with Crippen LogP contribution in [0.5, 0.6) is 0 Å². The summed E-state index contributed by atoms with van der Waals surface area (Å²) in [6.45, 7) is 8.68. The van der Waals surface area contributed by atoms with Crippen LogP contribution in [-0.4, -0.2) is 30.0 Å². The van der Waals surface area contributed by atoms with Gasteiger partial charge in [-0.15, -0.1) is 0 Å². The number of likely N-dealkylation sites (tertiary alicyclic amines) is 1. The van der Waals surface area contributed by atoms with Crippen molar-refractivity contribution in [2.75, 3.05) is 13.1 Å². The molecule has 16 heavy (non-hydrogen) atoms. The van der Waals surface area contributed by atoms with E-state index in [1.165, 1.54) is 19.3 Å². The van der Waals surface area contributed by atoms with Crippen LogP contribution in [0.1, 0.15) is 46.5 Å².